The fraction of sp³-hybridized carbons (Fsp3) is 0.269. The number of hydrogen-bond donors (Lipinski definition) is 1. The van der Waals surface area contributed by atoms with Crippen LogP contribution in [0.5, 0.6) is 0 Å². The standard InChI is InChI=1S/C26H25ClF2N4O3/c1-15-11-31-24(32-7-5-6-18(25(32)34)26(3,4)35)10-22(15)33-13-19(27)23(8-16(33)2)36-14-21-20(29)9-17(28)12-30-21/h5-12,35H,13-14H2,1-4H3. The number of anilines is 1. The normalized spacial score (nSPS) is 14.2. The smallest absolute Gasteiger partial charge is 0.262 e. The van der Waals surface area contributed by atoms with Gasteiger partial charge >= 0.3 is 0 Å². The van der Waals surface area contributed by atoms with Crippen molar-refractivity contribution in [3.05, 3.63) is 104 Å². The summed E-state index contributed by atoms with van der Waals surface area (Å²) in [4.78, 5) is 23.1. The molecule has 1 N–H and O–H groups in total. The van der Waals surface area contributed by atoms with Gasteiger partial charge in [-0.1, -0.05) is 11.6 Å². The van der Waals surface area contributed by atoms with Gasteiger partial charge in [-0.2, -0.15) is 0 Å². The van der Waals surface area contributed by atoms with Crippen LogP contribution in [0.15, 0.2) is 70.2 Å². The topological polar surface area (TPSA) is 80.5 Å². The monoisotopic (exact) mass is 514 g/mol. The molecule has 1 aliphatic heterocycles. The minimum atomic E-state index is -1.30. The van der Waals surface area contributed by atoms with Crippen molar-refractivity contribution in [2.45, 2.75) is 39.9 Å². The molecule has 3 aromatic rings. The predicted octanol–water partition coefficient (Wildman–Crippen LogP) is 4.83. The molecule has 0 amide bonds. The molecule has 0 fully saturated rings. The van der Waals surface area contributed by atoms with Crippen LogP contribution in [-0.2, 0) is 16.9 Å². The molecule has 1 aliphatic rings. The molecule has 36 heavy (non-hydrogen) atoms. The van der Waals surface area contributed by atoms with E-state index in [2.05, 4.69) is 9.97 Å². The largest absolute Gasteiger partial charge is 0.486 e. The number of aryl methyl sites for hydroxylation is 1. The molecule has 0 unspecified atom stereocenters. The Bertz CT molecular complexity index is 1440. The van der Waals surface area contributed by atoms with Crippen LogP contribution in [0, 0.1) is 18.6 Å². The molecule has 188 valence electrons. The Morgan fingerprint density at radius 1 is 1.19 bits per heavy atom. The Morgan fingerprint density at radius 3 is 2.64 bits per heavy atom. The molecule has 0 bridgehead atoms. The zero-order valence-electron chi connectivity index (χ0n) is 20.2. The van der Waals surface area contributed by atoms with Crippen LogP contribution in [0.25, 0.3) is 5.82 Å². The summed E-state index contributed by atoms with van der Waals surface area (Å²) in [5, 5.41) is 10.7. The van der Waals surface area contributed by atoms with Crippen LogP contribution >= 0.6 is 11.6 Å². The van der Waals surface area contributed by atoms with E-state index >= 15 is 0 Å². The van der Waals surface area contributed by atoms with Gasteiger partial charge in [-0.05, 0) is 45.4 Å². The van der Waals surface area contributed by atoms with Gasteiger partial charge in [0.15, 0.2) is 5.82 Å². The fourth-order valence-electron chi connectivity index (χ4n) is 3.84. The molecule has 0 saturated heterocycles. The second-order valence-electron chi connectivity index (χ2n) is 9.00. The molecule has 0 saturated carbocycles. The molecule has 0 aliphatic carbocycles. The number of aromatic nitrogens is 3. The van der Waals surface area contributed by atoms with E-state index in [1.165, 1.54) is 4.57 Å². The molecule has 4 heterocycles. The number of aliphatic hydroxyl groups is 1. The van der Waals surface area contributed by atoms with Gasteiger partial charge in [0.2, 0.25) is 0 Å². The quantitative estimate of drug-likeness (QED) is 0.507. The molecule has 4 rings (SSSR count). The first kappa shape index (κ1) is 25.5. The van der Waals surface area contributed by atoms with Crippen molar-refractivity contribution in [2.75, 3.05) is 11.4 Å². The van der Waals surface area contributed by atoms with E-state index in [4.69, 9.17) is 16.3 Å². The third-order valence-corrected chi connectivity index (χ3v) is 6.09. The van der Waals surface area contributed by atoms with Crippen molar-refractivity contribution < 1.29 is 18.6 Å². The van der Waals surface area contributed by atoms with Crippen LogP contribution in [0.1, 0.15) is 37.6 Å². The van der Waals surface area contributed by atoms with Gasteiger partial charge < -0.3 is 14.7 Å². The highest BCUT2D eigenvalue weighted by Crippen LogP contribution is 2.32. The maximum atomic E-state index is 13.9. The molecular formula is C26H25ClF2N4O3. The van der Waals surface area contributed by atoms with Gasteiger partial charge in [0, 0.05) is 47.6 Å². The van der Waals surface area contributed by atoms with E-state index in [-0.39, 0.29) is 30.0 Å². The zero-order chi connectivity index (χ0) is 26.2. The van der Waals surface area contributed by atoms with Crippen molar-refractivity contribution in [1.82, 2.24) is 14.5 Å². The van der Waals surface area contributed by atoms with E-state index in [1.54, 1.807) is 50.5 Å². The van der Waals surface area contributed by atoms with Crippen molar-refractivity contribution in [2.24, 2.45) is 0 Å². The lowest BCUT2D eigenvalue weighted by atomic mass is 10.0. The molecule has 0 aromatic carbocycles. The molecule has 0 radical (unpaired) electrons. The highest BCUT2D eigenvalue weighted by atomic mass is 35.5. The Kier molecular flexibility index (Phi) is 6.97. The molecule has 0 atom stereocenters. The average Bonchev–Trinajstić information content (AvgIpc) is 2.80. The summed E-state index contributed by atoms with van der Waals surface area (Å²) >= 11 is 6.52. The Hall–Kier alpha value is -3.56. The van der Waals surface area contributed by atoms with Crippen LogP contribution in [0.3, 0.4) is 0 Å². The Balaban J connectivity index is 1.61. The van der Waals surface area contributed by atoms with Gasteiger partial charge in [-0.15, -0.1) is 0 Å². The summed E-state index contributed by atoms with van der Waals surface area (Å²) < 4.78 is 34.1. The number of rotatable bonds is 6. The van der Waals surface area contributed by atoms with Gasteiger partial charge in [0.05, 0.1) is 23.4 Å². The Morgan fingerprint density at radius 2 is 1.94 bits per heavy atom. The number of nitrogens with zero attached hydrogens (tertiary/aromatic N) is 4. The summed E-state index contributed by atoms with van der Waals surface area (Å²) in [7, 11) is 0. The number of pyridine rings is 3. The number of ether oxygens (including phenoxy) is 1. The summed E-state index contributed by atoms with van der Waals surface area (Å²) in [6.07, 6.45) is 5.90. The van der Waals surface area contributed by atoms with E-state index in [0.29, 0.717) is 16.6 Å². The summed E-state index contributed by atoms with van der Waals surface area (Å²) in [6, 6.07) is 5.79. The van der Waals surface area contributed by atoms with Crippen molar-refractivity contribution >= 4 is 17.3 Å². The second-order valence-corrected chi connectivity index (χ2v) is 9.45. The second kappa shape index (κ2) is 9.83. The lowest BCUT2D eigenvalue weighted by Crippen LogP contribution is -2.31. The maximum Gasteiger partial charge on any atom is 0.262 e. The van der Waals surface area contributed by atoms with Crippen LogP contribution in [0.2, 0.25) is 0 Å². The molecule has 10 heteroatoms. The SMILES string of the molecule is CC1=CC(OCc2ncc(F)cc2F)=C(Cl)CN1c1cc(-n2cccc(C(C)(C)O)c2=O)ncc1C. The number of hydrogen-bond acceptors (Lipinski definition) is 6. The molecule has 0 spiro atoms. The first-order valence-corrected chi connectivity index (χ1v) is 11.5. The highest BCUT2D eigenvalue weighted by molar-refractivity contribution is 6.30. The van der Waals surface area contributed by atoms with Gasteiger partial charge in [0.25, 0.3) is 5.56 Å². The lowest BCUT2D eigenvalue weighted by Gasteiger charge is -2.31. The minimum absolute atomic E-state index is 0.0322. The van der Waals surface area contributed by atoms with Crippen LogP contribution in [0.4, 0.5) is 14.5 Å². The third kappa shape index (κ3) is 5.17. The Labute approximate surface area is 212 Å². The molecular weight excluding hydrogens is 490 g/mol. The van der Waals surface area contributed by atoms with E-state index in [1.807, 2.05) is 18.7 Å². The molecule has 3 aromatic heterocycles. The lowest BCUT2D eigenvalue weighted by molar-refractivity contribution is 0.0767. The van der Waals surface area contributed by atoms with E-state index in [9.17, 15) is 18.7 Å². The summed E-state index contributed by atoms with van der Waals surface area (Å²) in [5.74, 6) is -0.816. The van der Waals surface area contributed by atoms with Crippen molar-refractivity contribution in [1.29, 1.82) is 0 Å². The molecule has 7 nitrogen and oxygen atoms in total. The predicted molar refractivity (Wildman–Crippen MR) is 133 cm³/mol. The van der Waals surface area contributed by atoms with Crippen molar-refractivity contribution in [3.8, 4) is 5.82 Å². The first-order valence-electron chi connectivity index (χ1n) is 11.1. The van der Waals surface area contributed by atoms with Crippen molar-refractivity contribution in [3.63, 3.8) is 0 Å². The first-order chi connectivity index (χ1) is 17.0. The third-order valence-electron chi connectivity index (χ3n) is 5.78. The van der Waals surface area contributed by atoms with E-state index < -0.39 is 17.2 Å². The highest BCUT2D eigenvalue weighted by Gasteiger charge is 2.24. The summed E-state index contributed by atoms with van der Waals surface area (Å²) in [6.45, 7) is 6.92. The van der Waals surface area contributed by atoms with Gasteiger partial charge in [-0.25, -0.2) is 13.8 Å². The number of allylic oxidation sites excluding steroid dienone is 2. The van der Waals surface area contributed by atoms with Crippen LogP contribution < -0.4 is 10.5 Å². The zero-order valence-corrected chi connectivity index (χ0v) is 21.0. The van der Waals surface area contributed by atoms with Gasteiger partial charge in [-0.3, -0.25) is 14.3 Å². The fourth-order valence-corrected chi connectivity index (χ4v) is 4.07. The number of halogens is 3. The van der Waals surface area contributed by atoms with Crippen LogP contribution in [-0.4, -0.2) is 26.2 Å². The summed E-state index contributed by atoms with van der Waals surface area (Å²) in [5.41, 5.74) is 0.967. The maximum absolute atomic E-state index is 13.9. The average molecular weight is 515 g/mol. The van der Waals surface area contributed by atoms with E-state index in [0.717, 1.165) is 29.2 Å². The van der Waals surface area contributed by atoms with Gasteiger partial charge in [0.1, 0.15) is 29.7 Å². The minimum Gasteiger partial charge on any atom is -0.486 e.